The molecule has 2 aromatic heterocycles. The number of carbonyl (C=O) groups excluding carboxylic acids is 3. The highest BCUT2D eigenvalue weighted by molar-refractivity contribution is 5.95. The number of pyridine rings is 2. The summed E-state index contributed by atoms with van der Waals surface area (Å²) in [4.78, 5) is 34.6. The molecule has 8 aromatic rings. The minimum atomic E-state index is -0.383. The number of hydrogen-bond donors (Lipinski definition) is 4. The molecule has 0 saturated carbocycles. The van der Waals surface area contributed by atoms with E-state index in [1.165, 1.54) is 19.2 Å². The summed E-state index contributed by atoms with van der Waals surface area (Å²) in [6.45, 7) is 11.8. The van der Waals surface area contributed by atoms with Gasteiger partial charge in [0.25, 0.3) is 18.6 Å². The van der Waals surface area contributed by atoms with Gasteiger partial charge in [0, 0.05) is 58.9 Å². The topological polar surface area (TPSA) is 175 Å². The highest BCUT2D eigenvalue weighted by atomic mass is 19.1. The molecule has 0 spiro atoms. The van der Waals surface area contributed by atoms with E-state index in [2.05, 4.69) is 27.4 Å². The van der Waals surface area contributed by atoms with E-state index in [1.807, 2.05) is 107 Å². The van der Waals surface area contributed by atoms with Gasteiger partial charge in [-0.05, 0) is 172 Å². The molecule has 4 aliphatic heterocycles. The molecule has 4 bridgehead atoms. The molecule has 14 heteroatoms. The van der Waals surface area contributed by atoms with Crippen LogP contribution in [0, 0.1) is 39.3 Å². The van der Waals surface area contributed by atoms with Gasteiger partial charge in [-0.15, -0.1) is 0 Å². The average Bonchev–Trinajstić information content (AvgIpc) is 4.21. The molecule has 0 radical (unpaired) electrons. The zero-order valence-electron chi connectivity index (χ0n) is 41.2. The first-order chi connectivity index (χ1) is 35.7. The van der Waals surface area contributed by atoms with Crippen LogP contribution in [-0.2, 0) is 27.0 Å². The second-order valence-corrected chi connectivity index (χ2v) is 19.0. The van der Waals surface area contributed by atoms with Crippen molar-refractivity contribution in [3.63, 3.8) is 0 Å². The third kappa shape index (κ3) is 8.41. The number of nitrogens with zero attached hydrogens (tertiary/aromatic N) is 2. The number of benzene rings is 6. The van der Waals surface area contributed by atoms with E-state index in [0.29, 0.717) is 58.5 Å². The van der Waals surface area contributed by atoms with Crippen LogP contribution in [0.25, 0.3) is 22.3 Å². The number of nitrogens with one attached hydrogen (secondary N) is 2. The molecule has 370 valence electrons. The van der Waals surface area contributed by atoms with Crippen LogP contribution in [-0.4, -0.2) is 35.7 Å². The minimum Gasteiger partial charge on any atom is -0.497 e. The van der Waals surface area contributed by atoms with Gasteiger partial charge in [-0.25, -0.2) is 23.2 Å². The minimum absolute atomic E-state index is 0.160. The van der Waals surface area contributed by atoms with Gasteiger partial charge in [-0.2, -0.15) is 0 Å². The lowest BCUT2D eigenvalue weighted by Crippen LogP contribution is -2.24. The van der Waals surface area contributed by atoms with Crippen molar-refractivity contribution >= 4 is 30.2 Å². The molecular weight excluding hydrogens is 939 g/mol. The smallest absolute Gasteiger partial charge is 0.354 e. The first-order valence-corrected chi connectivity index (χ1v) is 24.1. The van der Waals surface area contributed by atoms with Crippen LogP contribution in [0.4, 0.5) is 20.4 Å². The van der Waals surface area contributed by atoms with E-state index in [1.54, 1.807) is 30.3 Å². The Balaban J connectivity index is 0.000000159. The monoisotopic (exact) mass is 989 g/mol. The number of nitrogens with two attached hydrogens (primary N) is 2. The first-order valence-electron chi connectivity index (χ1n) is 24.1. The quantitative estimate of drug-likeness (QED) is 0.0972. The number of hydrogen-bond acceptors (Lipinski definition) is 9. The molecule has 4 unspecified atom stereocenters. The van der Waals surface area contributed by atoms with Crippen LogP contribution in [0.3, 0.4) is 0 Å². The van der Waals surface area contributed by atoms with Gasteiger partial charge in [-0.1, -0.05) is 36.4 Å². The van der Waals surface area contributed by atoms with Crippen LogP contribution >= 0.6 is 0 Å². The van der Waals surface area contributed by atoms with Crippen LogP contribution in [0.5, 0.6) is 11.5 Å². The van der Waals surface area contributed by atoms with Gasteiger partial charge >= 0.3 is 5.75 Å². The molecule has 6 heterocycles. The summed E-state index contributed by atoms with van der Waals surface area (Å²) < 4.78 is 52.0. The van der Waals surface area contributed by atoms with E-state index < -0.39 is 0 Å². The van der Waals surface area contributed by atoms with Gasteiger partial charge in [-0.3, -0.25) is 9.59 Å². The fourth-order valence-electron chi connectivity index (χ4n) is 10.8. The van der Waals surface area contributed by atoms with Crippen molar-refractivity contribution in [2.75, 3.05) is 18.6 Å². The Morgan fingerprint density at radius 1 is 0.568 bits per heavy atom. The number of halogens is 2. The summed E-state index contributed by atoms with van der Waals surface area (Å²) in [6, 6.07) is 36.3. The van der Waals surface area contributed by atoms with Crippen LogP contribution in [0.2, 0.25) is 0 Å². The predicted octanol–water partition coefficient (Wildman–Crippen LogP) is 11.2. The first kappa shape index (κ1) is 47.7. The van der Waals surface area contributed by atoms with Gasteiger partial charge in [0.05, 0.1) is 13.2 Å². The normalized spacial score (nSPS) is 16.9. The maximum absolute atomic E-state index is 14.7. The van der Waals surface area contributed by atoms with Crippen molar-refractivity contribution in [1.82, 2.24) is 20.6 Å². The molecule has 6 aromatic carbocycles. The summed E-state index contributed by atoms with van der Waals surface area (Å²) in [5.74, 6) is 0.730. The zero-order chi connectivity index (χ0) is 51.7. The molecule has 2 amide bonds. The fraction of sp³-hybridized carbons (Fsp3) is 0.183. The second kappa shape index (κ2) is 18.8. The van der Waals surface area contributed by atoms with E-state index >= 15 is 0 Å². The lowest BCUT2D eigenvalue weighted by atomic mass is 9.83. The second-order valence-electron chi connectivity index (χ2n) is 19.0. The maximum atomic E-state index is 14.7. The number of fused-ring (bicyclic) bond motifs is 16. The van der Waals surface area contributed by atoms with Crippen molar-refractivity contribution in [2.45, 2.75) is 65.2 Å². The molecule has 12 rings (SSSR count). The molecular formula is C60H51F2N6O6+. The van der Waals surface area contributed by atoms with Crippen molar-refractivity contribution in [3.8, 4) is 33.8 Å². The number of aryl methyl sites for hydroxylation is 4. The maximum Gasteiger partial charge on any atom is 0.354 e. The van der Waals surface area contributed by atoms with Crippen molar-refractivity contribution in [2.24, 2.45) is 0 Å². The van der Waals surface area contributed by atoms with Crippen molar-refractivity contribution in [3.05, 3.63) is 222 Å². The third-order valence-corrected chi connectivity index (χ3v) is 14.6. The molecule has 0 saturated heterocycles. The summed E-state index contributed by atoms with van der Waals surface area (Å²) in [5.41, 5.74) is 29.0. The Morgan fingerprint density at radius 3 is 1.42 bits per heavy atom. The van der Waals surface area contributed by atoms with E-state index in [-0.39, 0.29) is 47.9 Å². The summed E-state index contributed by atoms with van der Waals surface area (Å²) in [7, 11) is 1.52. The van der Waals surface area contributed by atoms with E-state index in [9.17, 15) is 18.4 Å². The molecule has 6 N–H and O–H groups in total. The number of nitrogen functional groups attached to an aromatic ring is 2. The highest BCUT2D eigenvalue weighted by Crippen LogP contribution is 2.56. The molecule has 12 nitrogen and oxygen atoms in total. The number of methoxy groups -OCH3 is 1. The number of amides is 2. The molecule has 4 atom stereocenters. The predicted molar refractivity (Wildman–Crippen MR) is 278 cm³/mol. The van der Waals surface area contributed by atoms with Gasteiger partial charge < -0.3 is 36.3 Å². The summed E-state index contributed by atoms with van der Waals surface area (Å²) in [6.07, 6.45) is -0.985. The van der Waals surface area contributed by atoms with Crippen LogP contribution in [0.15, 0.2) is 121 Å². The van der Waals surface area contributed by atoms with Crippen molar-refractivity contribution < 1.29 is 37.0 Å². The Kier molecular flexibility index (Phi) is 12.1. The summed E-state index contributed by atoms with van der Waals surface area (Å²) >= 11 is 0. The van der Waals surface area contributed by atoms with E-state index in [4.69, 9.17) is 30.1 Å². The highest BCUT2D eigenvalue weighted by Gasteiger charge is 2.44. The molecule has 4 aliphatic rings. The Hall–Kier alpha value is -8.59. The molecule has 74 heavy (non-hydrogen) atoms. The number of anilines is 2. The molecule has 0 fully saturated rings. The lowest BCUT2D eigenvalue weighted by Gasteiger charge is -2.18. The SMILES string of the molecule is C=[O+]c1ccc(-c2ccc3c(c2)C2OC3c3ccc(C(=O)NCc4c(C)cc(N)nc4C)cc32)c(F)c1.COc1ccc(-c2ccc3c(c2)C2OC3c3cc(C(=O)NCc4c(C)cc(N)nc4C)ccc32)c(F)c1. The van der Waals surface area contributed by atoms with Crippen LogP contribution < -0.4 is 26.8 Å². The van der Waals surface area contributed by atoms with Gasteiger partial charge in [0.2, 0.25) is 0 Å². The zero-order valence-corrected chi connectivity index (χ0v) is 41.2. The Bertz CT molecular complexity index is 3630. The average molecular weight is 990 g/mol. The fourth-order valence-corrected chi connectivity index (χ4v) is 10.8. The molecule has 0 aliphatic carbocycles. The number of carbonyl (C=O) groups is 2. The van der Waals surface area contributed by atoms with Crippen molar-refractivity contribution in [1.29, 1.82) is 0 Å². The van der Waals surface area contributed by atoms with E-state index in [0.717, 1.165) is 89.3 Å². The number of rotatable bonds is 10. The van der Waals surface area contributed by atoms with Gasteiger partial charge in [0.15, 0.2) is 0 Å². The lowest BCUT2D eigenvalue weighted by molar-refractivity contribution is -0.354. The largest absolute Gasteiger partial charge is 0.497 e. The Morgan fingerprint density at radius 2 is 0.986 bits per heavy atom. The van der Waals surface area contributed by atoms with Crippen LogP contribution in [0.1, 0.15) is 123 Å². The Labute approximate surface area is 426 Å². The number of ether oxygens (including phenoxy) is 3. The summed E-state index contributed by atoms with van der Waals surface area (Å²) in [5, 5.41) is 6.00. The third-order valence-electron chi connectivity index (χ3n) is 14.6. The number of aromatic nitrogens is 2. The standard InChI is InChI=1S/C30H26FN3O3.C30H24FN3O3/c1-15-10-27(32)34-16(2)25(15)14-33-30(35)18-5-8-22-24(12-18)29-21-7-4-17(11-23(21)28(22)37-29)20-9-6-19(36-3)13-26(20)31;1-15-10-27(32)34-16(2)25(15)14-33-30(35)18-5-8-22-24(12-18)29-23-11-17(4-7-21(23)28(22)37-29)20-9-6-19(36-3)13-26(20)31/h4-13,28-29H,14H2,1-3H3,(H2,32,34)(H,33,35);4-13,28-29H,3,14H2,1-2H3,(H2-,32,33,34,35)/p+1. The van der Waals surface area contributed by atoms with Gasteiger partial charge in [0.1, 0.15) is 53.4 Å².